The van der Waals surface area contributed by atoms with Crippen LogP contribution in [0.3, 0.4) is 0 Å². The number of hydrogen-bond donors (Lipinski definition) is 0. The first kappa shape index (κ1) is 43.6. The van der Waals surface area contributed by atoms with Gasteiger partial charge in [0.05, 0.1) is 13.2 Å². The molecule has 0 radical (unpaired) electrons. The van der Waals surface area contributed by atoms with Crippen LogP contribution in [0, 0.1) is 49.4 Å². The predicted octanol–water partition coefficient (Wildman–Crippen LogP) is 10.2. The molecule has 62 heavy (non-hydrogen) atoms. The van der Waals surface area contributed by atoms with E-state index in [1.165, 1.54) is 12.2 Å². The third-order valence-electron chi connectivity index (χ3n) is 9.61. The Bertz CT molecular complexity index is 2520. The van der Waals surface area contributed by atoms with Crippen molar-refractivity contribution in [3.8, 4) is 47.0 Å². The zero-order valence-electron chi connectivity index (χ0n) is 35.0. The average Bonchev–Trinajstić information content (AvgIpc) is 3.30. The summed E-state index contributed by atoms with van der Waals surface area (Å²) in [6, 6.07) is 43.9. The lowest BCUT2D eigenvalue weighted by atomic mass is 10.1. The second-order valence-electron chi connectivity index (χ2n) is 14.3. The van der Waals surface area contributed by atoms with Gasteiger partial charge < -0.3 is 18.9 Å². The van der Waals surface area contributed by atoms with Crippen LogP contribution in [0.1, 0.15) is 66.8 Å². The maximum atomic E-state index is 11.2. The minimum atomic E-state index is -0.414. The molecule has 6 aromatic rings. The monoisotopic (exact) mass is 814 g/mol. The van der Waals surface area contributed by atoms with E-state index < -0.39 is 11.9 Å². The van der Waals surface area contributed by atoms with E-state index in [9.17, 15) is 9.59 Å². The summed E-state index contributed by atoms with van der Waals surface area (Å²) < 4.78 is 22.4. The van der Waals surface area contributed by atoms with E-state index in [0.29, 0.717) is 39.3 Å². The molecular formula is C56H46O6. The van der Waals surface area contributed by atoms with Gasteiger partial charge in [0.15, 0.2) is 0 Å². The third-order valence-corrected chi connectivity index (χ3v) is 9.61. The van der Waals surface area contributed by atoms with Crippen LogP contribution < -0.4 is 9.47 Å². The second kappa shape index (κ2) is 22.4. The molecule has 0 aliphatic heterocycles. The summed E-state index contributed by atoms with van der Waals surface area (Å²) >= 11 is 0. The second-order valence-corrected chi connectivity index (χ2v) is 14.3. The molecule has 0 N–H and O–H groups in total. The molecule has 0 heterocycles. The Morgan fingerprint density at radius 1 is 0.435 bits per heavy atom. The number of carbonyl (C=O) groups is 2. The molecule has 0 atom stereocenters. The van der Waals surface area contributed by atoms with Crippen molar-refractivity contribution in [1.82, 2.24) is 0 Å². The SMILES string of the molecule is C=CC(=O)OCCc1ccc(C#Cc2ccc(OCc3ccc(C#Cc4ccc(COc5ccc(C#Cc6ccc(CCOC(=O)C=C)cc6)cc5C)cc4)cc3)c(C)c2)cc1. The van der Waals surface area contributed by atoms with Crippen molar-refractivity contribution in [3.05, 3.63) is 226 Å². The lowest BCUT2D eigenvalue weighted by Crippen LogP contribution is -2.04. The highest BCUT2D eigenvalue weighted by Gasteiger charge is 2.05. The van der Waals surface area contributed by atoms with Crippen molar-refractivity contribution in [2.75, 3.05) is 13.2 Å². The summed E-state index contributed by atoms with van der Waals surface area (Å²) in [5.41, 5.74) is 11.7. The van der Waals surface area contributed by atoms with Gasteiger partial charge >= 0.3 is 11.9 Å². The zero-order valence-corrected chi connectivity index (χ0v) is 35.0. The van der Waals surface area contributed by atoms with Crippen molar-refractivity contribution in [3.63, 3.8) is 0 Å². The van der Waals surface area contributed by atoms with Gasteiger partial charge in [0.1, 0.15) is 24.7 Å². The molecule has 0 aromatic heterocycles. The fourth-order valence-electron chi connectivity index (χ4n) is 6.07. The standard InChI is InChI=1S/C56H46O6/c1-5-55(57)59-35-33-47-13-9-43(10-14-47)17-23-49-29-31-53(41(3)37-49)61-39-51-25-19-45(20-26-51)7-8-46-21-27-52(28-22-46)40-62-54-32-30-50(38-42(54)4)24-18-44-11-15-48(16-12-44)34-36-60-56(58)6-2/h5-6,9-16,19-22,25-32,37-38H,1-2,33-36,39-40H2,3-4H3. The van der Waals surface area contributed by atoms with Gasteiger partial charge in [-0.05, 0) is 132 Å². The van der Waals surface area contributed by atoms with Crippen LogP contribution in [0.15, 0.2) is 159 Å². The lowest BCUT2D eigenvalue weighted by molar-refractivity contribution is -0.138. The van der Waals surface area contributed by atoms with Gasteiger partial charge in [0.2, 0.25) is 0 Å². The number of carbonyl (C=O) groups excluding carboxylic acids is 2. The molecule has 0 amide bonds. The number of hydrogen-bond acceptors (Lipinski definition) is 6. The molecule has 0 spiro atoms. The molecule has 0 bridgehead atoms. The first-order valence-corrected chi connectivity index (χ1v) is 20.2. The molecule has 6 nitrogen and oxygen atoms in total. The summed E-state index contributed by atoms with van der Waals surface area (Å²) in [4.78, 5) is 22.4. The van der Waals surface area contributed by atoms with E-state index in [2.05, 4.69) is 48.7 Å². The summed E-state index contributed by atoms with van der Waals surface area (Å²) in [5.74, 6) is 20.2. The average molecular weight is 815 g/mol. The lowest BCUT2D eigenvalue weighted by Gasteiger charge is -2.10. The fraction of sp³-hybridized carbons (Fsp3) is 0.143. The van der Waals surface area contributed by atoms with Gasteiger partial charge in [0, 0.05) is 58.4 Å². The van der Waals surface area contributed by atoms with E-state index in [1.807, 2.05) is 147 Å². The molecule has 6 heteroatoms. The van der Waals surface area contributed by atoms with Crippen LogP contribution in [-0.2, 0) is 45.1 Å². The summed E-state index contributed by atoms with van der Waals surface area (Å²) in [6.07, 6.45) is 3.60. The molecule has 6 aromatic carbocycles. The van der Waals surface area contributed by atoms with Crippen molar-refractivity contribution in [2.45, 2.75) is 39.9 Å². The first-order valence-electron chi connectivity index (χ1n) is 20.2. The van der Waals surface area contributed by atoms with E-state index in [0.717, 1.165) is 78.3 Å². The molecule has 0 saturated carbocycles. The number of aryl methyl sites for hydroxylation is 2. The smallest absolute Gasteiger partial charge is 0.330 e. The van der Waals surface area contributed by atoms with E-state index in [-0.39, 0.29) is 0 Å². The molecule has 6 rings (SSSR count). The summed E-state index contributed by atoms with van der Waals surface area (Å²) in [7, 11) is 0. The third kappa shape index (κ3) is 13.8. The van der Waals surface area contributed by atoms with Crippen LogP contribution in [0.2, 0.25) is 0 Å². The quantitative estimate of drug-likeness (QED) is 0.0620. The Labute approximate surface area is 364 Å². The first-order chi connectivity index (χ1) is 30.2. The Hall–Kier alpha value is -7.98. The maximum absolute atomic E-state index is 11.2. The van der Waals surface area contributed by atoms with Crippen LogP contribution in [-0.4, -0.2) is 25.2 Å². The number of rotatable bonds is 14. The van der Waals surface area contributed by atoms with Gasteiger partial charge in [0.25, 0.3) is 0 Å². The Morgan fingerprint density at radius 3 is 1.03 bits per heavy atom. The minimum absolute atomic E-state index is 0.316. The molecule has 0 unspecified atom stereocenters. The molecule has 0 aliphatic rings. The molecule has 0 saturated heterocycles. The Kier molecular flexibility index (Phi) is 15.8. The van der Waals surface area contributed by atoms with Crippen LogP contribution in [0.25, 0.3) is 0 Å². The fourth-order valence-corrected chi connectivity index (χ4v) is 6.07. The Morgan fingerprint density at radius 2 is 0.726 bits per heavy atom. The highest BCUT2D eigenvalue weighted by atomic mass is 16.5. The van der Waals surface area contributed by atoms with Gasteiger partial charge in [-0.3, -0.25) is 0 Å². The van der Waals surface area contributed by atoms with E-state index >= 15 is 0 Å². The van der Waals surface area contributed by atoms with E-state index in [1.54, 1.807) is 0 Å². The largest absolute Gasteiger partial charge is 0.489 e. The van der Waals surface area contributed by atoms with Gasteiger partial charge in [-0.1, -0.05) is 97.2 Å². The van der Waals surface area contributed by atoms with Gasteiger partial charge in [-0.2, -0.15) is 0 Å². The van der Waals surface area contributed by atoms with Crippen LogP contribution in [0.5, 0.6) is 11.5 Å². The summed E-state index contributed by atoms with van der Waals surface area (Å²) in [6.45, 7) is 12.4. The highest BCUT2D eigenvalue weighted by molar-refractivity contribution is 5.81. The number of esters is 2. The molecule has 0 fully saturated rings. The predicted molar refractivity (Wildman–Crippen MR) is 244 cm³/mol. The number of benzene rings is 6. The minimum Gasteiger partial charge on any atom is -0.489 e. The van der Waals surface area contributed by atoms with E-state index in [4.69, 9.17) is 18.9 Å². The van der Waals surface area contributed by atoms with Crippen molar-refractivity contribution >= 4 is 11.9 Å². The molecule has 0 aliphatic carbocycles. The van der Waals surface area contributed by atoms with Crippen LogP contribution >= 0.6 is 0 Å². The Balaban J connectivity index is 0.931. The van der Waals surface area contributed by atoms with Crippen molar-refractivity contribution in [2.24, 2.45) is 0 Å². The van der Waals surface area contributed by atoms with Gasteiger partial charge in [-0.15, -0.1) is 0 Å². The topological polar surface area (TPSA) is 71.1 Å². The zero-order chi connectivity index (χ0) is 43.5. The highest BCUT2D eigenvalue weighted by Crippen LogP contribution is 2.22. The van der Waals surface area contributed by atoms with Crippen LogP contribution in [0.4, 0.5) is 0 Å². The maximum Gasteiger partial charge on any atom is 0.330 e. The number of ether oxygens (including phenoxy) is 4. The molecule has 306 valence electrons. The van der Waals surface area contributed by atoms with Gasteiger partial charge in [-0.25, -0.2) is 9.59 Å². The normalized spacial score (nSPS) is 10.0. The summed E-state index contributed by atoms with van der Waals surface area (Å²) in [5, 5.41) is 0. The van der Waals surface area contributed by atoms with Crippen molar-refractivity contribution < 1.29 is 28.5 Å². The van der Waals surface area contributed by atoms with Crippen molar-refractivity contribution in [1.29, 1.82) is 0 Å². The molecular weight excluding hydrogens is 769 g/mol.